The van der Waals surface area contributed by atoms with Crippen molar-refractivity contribution in [1.29, 1.82) is 0 Å². The predicted molar refractivity (Wildman–Crippen MR) is 164 cm³/mol. The number of benzene rings is 3. The van der Waals surface area contributed by atoms with Crippen LogP contribution >= 0.6 is 23.2 Å². The van der Waals surface area contributed by atoms with Gasteiger partial charge in [-0.25, -0.2) is 0 Å². The molecule has 1 fully saturated rings. The third-order valence-electron chi connectivity index (χ3n) is 6.90. The van der Waals surface area contributed by atoms with E-state index in [1.165, 1.54) is 61.7 Å². The number of unbranched alkanes of at least 4 members (excludes halogenated alkanes) is 1. The van der Waals surface area contributed by atoms with E-state index in [1.54, 1.807) is 30.3 Å². The molecule has 0 radical (unpaired) electrons. The maximum atomic E-state index is 13.6. The molecule has 0 aromatic heterocycles. The lowest BCUT2D eigenvalue weighted by Gasteiger charge is -2.24. The summed E-state index contributed by atoms with van der Waals surface area (Å²) in [6, 6.07) is 18.0. The molecule has 0 saturated carbocycles. The molecule has 12 heteroatoms. The van der Waals surface area contributed by atoms with E-state index in [2.05, 4.69) is 16.0 Å². The summed E-state index contributed by atoms with van der Waals surface area (Å²) in [6.07, 6.45) is 5.55. The van der Waals surface area contributed by atoms with E-state index < -0.39 is 15.9 Å². The fraction of sp³-hybridized carbons (Fsp3) is 0.333. The lowest BCUT2D eigenvalue weighted by atomic mass is 9.92. The van der Waals surface area contributed by atoms with Crippen molar-refractivity contribution in [3.05, 3.63) is 88.4 Å². The molecule has 4 rings (SSSR count). The first-order valence-corrected chi connectivity index (χ1v) is 16.0. The van der Waals surface area contributed by atoms with E-state index in [0.29, 0.717) is 11.6 Å². The Kier molecular flexibility index (Phi) is 11.5. The summed E-state index contributed by atoms with van der Waals surface area (Å²) in [7, 11) is -4.25. The maximum Gasteiger partial charge on any atom is 0.295 e. The summed E-state index contributed by atoms with van der Waals surface area (Å²) in [6.45, 7) is 2.55. The molecular weight excluding hydrogens is 599 g/mol. The smallest absolute Gasteiger partial charge is 0.295 e. The van der Waals surface area contributed by atoms with Gasteiger partial charge in [0.1, 0.15) is 0 Å². The molecule has 0 bridgehead atoms. The number of nitrogens with one attached hydrogen (secondary N) is 3. The van der Waals surface area contributed by atoms with Gasteiger partial charge in [0.2, 0.25) is 5.91 Å². The molecule has 3 aromatic rings. The summed E-state index contributed by atoms with van der Waals surface area (Å²) < 4.78 is 28.0. The van der Waals surface area contributed by atoms with E-state index in [-0.39, 0.29) is 39.4 Å². The second-order valence-corrected chi connectivity index (χ2v) is 12.6. The monoisotopic (exact) mass is 632 g/mol. The molecule has 3 aromatic carbocycles. The third-order valence-corrected chi connectivity index (χ3v) is 9.02. The molecule has 0 atom stereocenters. The fourth-order valence-corrected chi connectivity index (χ4v) is 6.28. The van der Waals surface area contributed by atoms with Gasteiger partial charge in [-0.3, -0.25) is 9.59 Å². The number of para-hydroxylation sites is 1. The molecular formula is C30H34Cl2N4O5S. The Hall–Kier alpha value is -3.31. The molecule has 0 unspecified atom stereocenters. The van der Waals surface area contributed by atoms with Crippen LogP contribution in [0, 0.1) is 5.92 Å². The summed E-state index contributed by atoms with van der Waals surface area (Å²) in [5.41, 5.74) is 0.444. The van der Waals surface area contributed by atoms with Crippen molar-refractivity contribution in [1.82, 2.24) is 16.0 Å². The van der Waals surface area contributed by atoms with Gasteiger partial charge in [0.05, 0.1) is 22.2 Å². The van der Waals surface area contributed by atoms with Gasteiger partial charge >= 0.3 is 0 Å². The van der Waals surface area contributed by atoms with Gasteiger partial charge in [-0.15, -0.1) is 0 Å². The number of piperidine rings is 1. The van der Waals surface area contributed by atoms with E-state index in [0.717, 1.165) is 36.3 Å². The first-order valence-electron chi connectivity index (χ1n) is 13.8. The standard InChI is InChI=1S/C30H34Cl2N4O5S/c31-24-11-14-28(27(32)20-24)41-36(25-7-2-1-3-8-25)42(39,40)26-12-9-23(10-13-26)30(38)35-21-29(37)34-17-5-4-6-22-15-18-33-19-16-22/h1-3,7-14,20,22,33H,4-6,15-19,21H2,(H,34,37)(H,35,38). The summed E-state index contributed by atoms with van der Waals surface area (Å²) >= 11 is 12.2. The molecule has 1 aliphatic heterocycles. The van der Waals surface area contributed by atoms with Crippen LogP contribution in [0.4, 0.5) is 5.69 Å². The van der Waals surface area contributed by atoms with Gasteiger partial charge in [0, 0.05) is 17.1 Å². The number of hydrogen-bond donors (Lipinski definition) is 3. The van der Waals surface area contributed by atoms with Crippen LogP contribution in [-0.4, -0.2) is 46.4 Å². The number of anilines is 1. The highest BCUT2D eigenvalue weighted by Crippen LogP contribution is 2.32. The van der Waals surface area contributed by atoms with Crippen molar-refractivity contribution in [2.75, 3.05) is 30.6 Å². The molecule has 224 valence electrons. The van der Waals surface area contributed by atoms with Crippen LogP contribution in [0.1, 0.15) is 42.5 Å². The average Bonchev–Trinajstić information content (AvgIpc) is 3.00. The normalized spacial score (nSPS) is 13.8. The minimum atomic E-state index is -4.25. The molecule has 1 saturated heterocycles. The second-order valence-electron chi connectivity index (χ2n) is 9.98. The quantitative estimate of drug-likeness (QED) is 0.176. The van der Waals surface area contributed by atoms with Gasteiger partial charge in [-0.2, -0.15) is 8.42 Å². The Morgan fingerprint density at radius 1 is 0.929 bits per heavy atom. The molecule has 1 heterocycles. The second kappa shape index (κ2) is 15.2. The minimum absolute atomic E-state index is 0.0875. The van der Waals surface area contributed by atoms with Crippen molar-refractivity contribution in [2.45, 2.75) is 37.0 Å². The van der Waals surface area contributed by atoms with Gasteiger partial charge in [-0.1, -0.05) is 58.7 Å². The summed E-state index contributed by atoms with van der Waals surface area (Å²) in [5, 5.41) is 9.27. The van der Waals surface area contributed by atoms with Crippen LogP contribution < -0.4 is 25.3 Å². The van der Waals surface area contributed by atoms with Crippen LogP contribution in [-0.2, 0) is 14.8 Å². The third kappa shape index (κ3) is 8.84. The lowest BCUT2D eigenvalue weighted by Crippen LogP contribution is -2.37. The fourth-order valence-electron chi connectivity index (χ4n) is 4.58. The van der Waals surface area contributed by atoms with Crippen molar-refractivity contribution in [3.8, 4) is 5.75 Å². The number of nitrogens with zero attached hydrogens (tertiary/aromatic N) is 1. The number of carbonyl (C=O) groups is 2. The first-order chi connectivity index (χ1) is 20.2. The Morgan fingerprint density at radius 3 is 2.33 bits per heavy atom. The maximum absolute atomic E-state index is 13.6. The zero-order valence-corrected chi connectivity index (χ0v) is 25.4. The van der Waals surface area contributed by atoms with E-state index in [9.17, 15) is 18.0 Å². The van der Waals surface area contributed by atoms with Crippen molar-refractivity contribution >= 4 is 50.7 Å². The van der Waals surface area contributed by atoms with E-state index >= 15 is 0 Å². The number of halogens is 2. The van der Waals surface area contributed by atoms with Gasteiger partial charge in [0.15, 0.2) is 5.75 Å². The molecule has 42 heavy (non-hydrogen) atoms. The molecule has 9 nitrogen and oxygen atoms in total. The molecule has 1 aliphatic rings. The van der Waals surface area contributed by atoms with Crippen LogP contribution in [0.5, 0.6) is 5.75 Å². The SMILES string of the molecule is O=C(CNC(=O)c1ccc(S(=O)(=O)N(Oc2ccc(Cl)cc2Cl)c2ccccc2)cc1)NCCCCC1CCNCC1. The largest absolute Gasteiger partial charge is 0.363 e. The molecule has 0 aliphatic carbocycles. The number of amides is 2. The topological polar surface area (TPSA) is 117 Å². The van der Waals surface area contributed by atoms with Gasteiger partial charge in [0.25, 0.3) is 15.9 Å². The number of hydrogen-bond acceptors (Lipinski definition) is 6. The summed E-state index contributed by atoms with van der Waals surface area (Å²) in [5.74, 6) is 0.0770. The zero-order chi connectivity index (χ0) is 30.0. The molecule has 3 N–H and O–H groups in total. The van der Waals surface area contributed by atoms with Crippen molar-refractivity contribution < 1.29 is 22.8 Å². The predicted octanol–water partition coefficient (Wildman–Crippen LogP) is 5.20. The van der Waals surface area contributed by atoms with Crippen LogP contribution in [0.25, 0.3) is 0 Å². The minimum Gasteiger partial charge on any atom is -0.363 e. The number of sulfonamides is 1. The Morgan fingerprint density at radius 2 is 1.64 bits per heavy atom. The van der Waals surface area contributed by atoms with E-state index in [4.69, 9.17) is 28.0 Å². The van der Waals surface area contributed by atoms with Crippen LogP contribution in [0.2, 0.25) is 10.0 Å². The van der Waals surface area contributed by atoms with Crippen molar-refractivity contribution in [3.63, 3.8) is 0 Å². The van der Waals surface area contributed by atoms with Crippen LogP contribution in [0.3, 0.4) is 0 Å². The first kappa shape index (κ1) is 31.6. The van der Waals surface area contributed by atoms with Gasteiger partial charge in [-0.05, 0) is 92.9 Å². The van der Waals surface area contributed by atoms with Crippen LogP contribution in [0.15, 0.2) is 77.7 Å². The number of carbonyl (C=O) groups excluding carboxylic acids is 2. The highest BCUT2D eigenvalue weighted by molar-refractivity contribution is 7.92. The highest BCUT2D eigenvalue weighted by Gasteiger charge is 2.28. The van der Waals surface area contributed by atoms with E-state index in [1.807, 2.05) is 0 Å². The lowest BCUT2D eigenvalue weighted by molar-refractivity contribution is -0.120. The average molecular weight is 634 g/mol. The molecule has 0 spiro atoms. The summed E-state index contributed by atoms with van der Waals surface area (Å²) in [4.78, 5) is 30.4. The highest BCUT2D eigenvalue weighted by atomic mass is 35.5. The zero-order valence-electron chi connectivity index (χ0n) is 23.0. The van der Waals surface area contributed by atoms with Crippen molar-refractivity contribution in [2.24, 2.45) is 5.92 Å². The Labute approximate surface area is 256 Å². The Bertz CT molecular complexity index is 1450. The molecule has 2 amide bonds. The Balaban J connectivity index is 1.32. The number of rotatable bonds is 13. The van der Waals surface area contributed by atoms with Gasteiger partial charge < -0.3 is 20.8 Å².